The zero-order chi connectivity index (χ0) is 19.6. The second kappa shape index (κ2) is 7.93. The van der Waals surface area contributed by atoms with Gasteiger partial charge in [-0.2, -0.15) is 0 Å². The van der Waals surface area contributed by atoms with Crippen LogP contribution in [0.4, 0.5) is 4.79 Å². The van der Waals surface area contributed by atoms with Crippen molar-refractivity contribution in [3.05, 3.63) is 30.0 Å². The summed E-state index contributed by atoms with van der Waals surface area (Å²) in [4.78, 5) is 15.3. The zero-order valence-electron chi connectivity index (χ0n) is 17.2. The molecule has 2 aromatic rings. The second-order valence-corrected chi connectivity index (χ2v) is 8.54. The third kappa shape index (κ3) is 4.64. The lowest BCUT2D eigenvalue weighted by atomic mass is 10.0. The maximum absolute atomic E-state index is 12.8. The van der Waals surface area contributed by atoms with Gasteiger partial charge in [0.1, 0.15) is 11.4 Å². The highest BCUT2D eigenvalue weighted by Crippen LogP contribution is 2.28. The van der Waals surface area contributed by atoms with Crippen LogP contribution in [0.15, 0.2) is 24.4 Å². The Morgan fingerprint density at radius 2 is 1.89 bits per heavy atom. The number of rotatable bonds is 4. The second-order valence-electron chi connectivity index (χ2n) is 8.54. The van der Waals surface area contributed by atoms with Crippen LogP contribution < -0.4 is 4.74 Å². The van der Waals surface area contributed by atoms with Crippen molar-refractivity contribution in [1.82, 2.24) is 9.47 Å². The summed E-state index contributed by atoms with van der Waals surface area (Å²) < 4.78 is 12.6. The van der Waals surface area contributed by atoms with E-state index in [9.17, 15) is 4.79 Å². The minimum atomic E-state index is -0.534. The molecule has 3 rings (SSSR count). The number of fused-ring (bicyclic) bond motifs is 1. The molecule has 0 spiro atoms. The third-order valence-electron chi connectivity index (χ3n) is 5.21. The van der Waals surface area contributed by atoms with Crippen molar-refractivity contribution in [2.45, 2.75) is 65.0 Å². The first-order valence-corrected chi connectivity index (χ1v) is 9.94. The van der Waals surface area contributed by atoms with Gasteiger partial charge in [-0.15, -0.1) is 0 Å². The fourth-order valence-corrected chi connectivity index (χ4v) is 3.84. The van der Waals surface area contributed by atoms with Crippen LogP contribution in [0.1, 0.15) is 52.5 Å². The van der Waals surface area contributed by atoms with Gasteiger partial charge in [-0.25, -0.2) is 4.79 Å². The Bertz CT molecular complexity index is 798. The van der Waals surface area contributed by atoms with Crippen LogP contribution in [0.2, 0.25) is 0 Å². The van der Waals surface area contributed by atoms with Crippen LogP contribution in [-0.4, -0.2) is 47.4 Å². The van der Waals surface area contributed by atoms with Gasteiger partial charge < -0.3 is 14.4 Å². The molecule has 0 aliphatic carbocycles. The van der Waals surface area contributed by atoms with Crippen LogP contribution in [-0.2, 0) is 11.2 Å². The predicted molar refractivity (Wildman–Crippen MR) is 109 cm³/mol. The number of carbonyl (C=O) groups is 1. The molecule has 0 bridgehead atoms. The molecule has 1 unspecified atom stereocenters. The number of hydrogen-bond donors (Lipinski definition) is 0. The van der Waals surface area contributed by atoms with Gasteiger partial charge in [0.15, 0.2) is 0 Å². The minimum absolute atomic E-state index is 0.349. The summed E-state index contributed by atoms with van der Waals surface area (Å²) in [6, 6.07) is 6.36. The summed E-state index contributed by atoms with van der Waals surface area (Å²) in [6.45, 7) is 10.3. The SMILES string of the molecule is COc1ccc2c(CC(C)N3CCCCC3)cn(C(=O)OC(C)(C)C)c2c1. The van der Waals surface area contributed by atoms with Crippen molar-refractivity contribution in [3.8, 4) is 5.75 Å². The normalized spacial score (nSPS) is 17.1. The number of ether oxygens (including phenoxy) is 2. The largest absolute Gasteiger partial charge is 0.497 e. The summed E-state index contributed by atoms with van der Waals surface area (Å²) >= 11 is 0. The number of piperidine rings is 1. The Morgan fingerprint density at radius 3 is 2.52 bits per heavy atom. The maximum Gasteiger partial charge on any atom is 0.419 e. The van der Waals surface area contributed by atoms with Gasteiger partial charge >= 0.3 is 6.09 Å². The molecular formula is C22H32N2O3. The van der Waals surface area contributed by atoms with E-state index in [1.165, 1.54) is 37.9 Å². The summed E-state index contributed by atoms with van der Waals surface area (Å²) in [5.74, 6) is 0.737. The van der Waals surface area contributed by atoms with E-state index in [-0.39, 0.29) is 6.09 Å². The van der Waals surface area contributed by atoms with E-state index in [4.69, 9.17) is 9.47 Å². The number of likely N-dealkylation sites (tertiary alicyclic amines) is 1. The van der Waals surface area contributed by atoms with E-state index in [0.717, 1.165) is 23.1 Å². The van der Waals surface area contributed by atoms with E-state index < -0.39 is 5.60 Å². The third-order valence-corrected chi connectivity index (χ3v) is 5.21. The molecule has 1 aliphatic heterocycles. The molecule has 0 radical (unpaired) electrons. The molecule has 1 aliphatic rings. The van der Waals surface area contributed by atoms with Gasteiger partial charge in [0.05, 0.1) is 12.6 Å². The minimum Gasteiger partial charge on any atom is -0.497 e. The van der Waals surface area contributed by atoms with Crippen molar-refractivity contribution >= 4 is 17.0 Å². The van der Waals surface area contributed by atoms with Gasteiger partial charge in [0.2, 0.25) is 0 Å². The number of aromatic nitrogens is 1. The van der Waals surface area contributed by atoms with Crippen molar-refractivity contribution in [3.63, 3.8) is 0 Å². The van der Waals surface area contributed by atoms with Crippen LogP contribution in [0.3, 0.4) is 0 Å². The van der Waals surface area contributed by atoms with Gasteiger partial charge in [0.25, 0.3) is 0 Å². The summed E-state index contributed by atoms with van der Waals surface area (Å²) in [7, 11) is 1.64. The Kier molecular flexibility index (Phi) is 5.80. The van der Waals surface area contributed by atoms with E-state index >= 15 is 0 Å². The molecule has 27 heavy (non-hydrogen) atoms. The molecule has 1 aromatic carbocycles. The van der Waals surface area contributed by atoms with E-state index in [1.807, 2.05) is 45.2 Å². The smallest absolute Gasteiger partial charge is 0.419 e. The Labute approximate surface area is 162 Å². The van der Waals surface area contributed by atoms with E-state index in [1.54, 1.807) is 11.7 Å². The summed E-state index contributed by atoms with van der Waals surface area (Å²) in [5.41, 5.74) is 1.48. The first-order valence-electron chi connectivity index (χ1n) is 9.94. The highest BCUT2D eigenvalue weighted by Gasteiger charge is 2.23. The maximum atomic E-state index is 12.8. The Balaban J connectivity index is 1.94. The lowest BCUT2D eigenvalue weighted by Gasteiger charge is -2.32. The average Bonchev–Trinajstić information content (AvgIpc) is 2.99. The highest BCUT2D eigenvalue weighted by atomic mass is 16.6. The first kappa shape index (κ1) is 19.7. The monoisotopic (exact) mass is 372 g/mol. The Morgan fingerprint density at radius 1 is 1.19 bits per heavy atom. The van der Waals surface area contributed by atoms with Crippen LogP contribution >= 0.6 is 0 Å². The standard InChI is InChI=1S/C22H32N2O3/c1-16(23-11-7-6-8-12-23)13-17-15-24(21(25)27-22(2,3)4)20-14-18(26-5)9-10-19(17)20/h9-10,14-16H,6-8,11-13H2,1-5H3. The highest BCUT2D eigenvalue weighted by molar-refractivity contribution is 5.93. The van der Waals surface area contributed by atoms with Gasteiger partial charge in [-0.3, -0.25) is 4.57 Å². The molecule has 1 atom stereocenters. The molecule has 1 saturated heterocycles. The fourth-order valence-electron chi connectivity index (χ4n) is 3.84. The quantitative estimate of drug-likeness (QED) is 0.769. The molecule has 0 N–H and O–H groups in total. The van der Waals surface area contributed by atoms with Crippen LogP contribution in [0, 0.1) is 0 Å². The van der Waals surface area contributed by atoms with Gasteiger partial charge in [-0.05, 0) is 77.7 Å². The topological polar surface area (TPSA) is 43.7 Å². The molecule has 0 amide bonds. The number of hydrogen-bond acceptors (Lipinski definition) is 4. The van der Waals surface area contributed by atoms with Crippen molar-refractivity contribution < 1.29 is 14.3 Å². The molecular weight excluding hydrogens is 340 g/mol. The summed E-state index contributed by atoms with van der Waals surface area (Å²) in [6.07, 6.45) is 6.40. The van der Waals surface area contributed by atoms with Crippen LogP contribution in [0.5, 0.6) is 5.75 Å². The predicted octanol–water partition coefficient (Wildman–Crippen LogP) is 4.85. The first-order chi connectivity index (χ1) is 12.8. The molecule has 1 aromatic heterocycles. The fraction of sp³-hybridized carbons (Fsp3) is 0.591. The van der Waals surface area contributed by atoms with Crippen LogP contribution in [0.25, 0.3) is 10.9 Å². The number of benzene rings is 1. The molecule has 1 fully saturated rings. The average molecular weight is 373 g/mol. The zero-order valence-corrected chi connectivity index (χ0v) is 17.2. The lowest BCUT2D eigenvalue weighted by Crippen LogP contribution is -2.38. The molecule has 2 heterocycles. The summed E-state index contributed by atoms with van der Waals surface area (Å²) in [5, 5.41) is 1.09. The van der Waals surface area contributed by atoms with Gasteiger partial charge in [-0.1, -0.05) is 6.42 Å². The Hall–Kier alpha value is -2.01. The van der Waals surface area contributed by atoms with E-state index in [2.05, 4.69) is 11.8 Å². The number of carbonyl (C=O) groups excluding carboxylic acids is 1. The molecule has 0 saturated carbocycles. The van der Waals surface area contributed by atoms with Crippen molar-refractivity contribution in [1.29, 1.82) is 0 Å². The van der Waals surface area contributed by atoms with Gasteiger partial charge in [0, 0.05) is 23.7 Å². The van der Waals surface area contributed by atoms with E-state index in [0.29, 0.717) is 6.04 Å². The number of methoxy groups -OCH3 is 1. The molecule has 5 heteroatoms. The van der Waals surface area contributed by atoms with Crippen molar-refractivity contribution in [2.75, 3.05) is 20.2 Å². The van der Waals surface area contributed by atoms with Crippen molar-refractivity contribution in [2.24, 2.45) is 0 Å². The molecule has 148 valence electrons. The molecule has 5 nitrogen and oxygen atoms in total. The number of nitrogens with zero attached hydrogens (tertiary/aromatic N) is 2. The lowest BCUT2D eigenvalue weighted by molar-refractivity contribution is 0.0544.